The fourth-order valence-electron chi connectivity index (χ4n) is 3.73. The van der Waals surface area contributed by atoms with Gasteiger partial charge in [0.25, 0.3) is 0 Å². The van der Waals surface area contributed by atoms with E-state index < -0.39 is 17.6 Å². The van der Waals surface area contributed by atoms with Crippen molar-refractivity contribution in [2.75, 3.05) is 24.5 Å². The Labute approximate surface area is 162 Å². The normalized spacial score (nSPS) is 22.7. The van der Waals surface area contributed by atoms with Crippen LogP contribution in [0.5, 0.6) is 0 Å². The third-order valence-corrected chi connectivity index (χ3v) is 5.28. The molecule has 3 amide bonds. The lowest BCUT2D eigenvalue weighted by atomic mass is 10.0. The van der Waals surface area contributed by atoms with Crippen LogP contribution in [0.15, 0.2) is 18.2 Å². The van der Waals surface area contributed by atoms with Gasteiger partial charge in [-0.1, -0.05) is 13.8 Å². The number of nitrogens with one attached hydrogen (secondary N) is 1. The minimum atomic E-state index is -0.823. The first kappa shape index (κ1) is 20.2. The van der Waals surface area contributed by atoms with Crippen molar-refractivity contribution >= 4 is 23.4 Å². The molecule has 2 saturated heterocycles. The van der Waals surface area contributed by atoms with Crippen molar-refractivity contribution in [2.45, 2.75) is 39.2 Å². The Bertz CT molecular complexity index is 784. The number of nitrogens with zero attached hydrogens (tertiary/aromatic N) is 2. The Morgan fingerprint density at radius 2 is 1.96 bits per heavy atom. The van der Waals surface area contributed by atoms with Crippen molar-refractivity contribution < 1.29 is 23.2 Å². The van der Waals surface area contributed by atoms with E-state index in [0.29, 0.717) is 13.1 Å². The van der Waals surface area contributed by atoms with Gasteiger partial charge in [-0.05, 0) is 25.0 Å². The van der Waals surface area contributed by atoms with Gasteiger partial charge in [0, 0.05) is 44.1 Å². The molecule has 2 aliphatic rings. The fraction of sp³-hybridized carbons (Fsp3) is 0.550. The van der Waals surface area contributed by atoms with Crippen LogP contribution < -0.4 is 10.2 Å². The van der Waals surface area contributed by atoms with Crippen molar-refractivity contribution in [3.8, 4) is 0 Å². The highest BCUT2D eigenvalue weighted by molar-refractivity contribution is 6.00. The summed E-state index contributed by atoms with van der Waals surface area (Å²) >= 11 is 0. The van der Waals surface area contributed by atoms with Crippen LogP contribution in [0.4, 0.5) is 14.5 Å². The molecule has 2 atom stereocenters. The van der Waals surface area contributed by atoms with E-state index in [2.05, 4.69) is 5.32 Å². The molecule has 2 fully saturated rings. The zero-order chi connectivity index (χ0) is 20.4. The molecule has 1 aromatic rings. The summed E-state index contributed by atoms with van der Waals surface area (Å²) in [6.07, 6.45) is 1.57. The number of carbonyl (C=O) groups is 3. The number of carbonyl (C=O) groups excluding carboxylic acids is 3. The third kappa shape index (κ3) is 4.31. The van der Waals surface area contributed by atoms with Crippen LogP contribution in [0.3, 0.4) is 0 Å². The lowest BCUT2D eigenvalue weighted by Crippen LogP contribution is -2.51. The summed E-state index contributed by atoms with van der Waals surface area (Å²) in [4.78, 5) is 40.0. The summed E-state index contributed by atoms with van der Waals surface area (Å²) in [6, 6.07) is 2.93. The number of hydrogen-bond donors (Lipinski definition) is 1. The average molecular weight is 393 g/mol. The molecule has 0 aliphatic carbocycles. The molecule has 0 bridgehead atoms. The highest BCUT2D eigenvalue weighted by atomic mass is 19.1. The second kappa shape index (κ2) is 8.24. The lowest BCUT2D eigenvalue weighted by Gasteiger charge is -2.35. The molecule has 1 N–H and O–H groups in total. The zero-order valence-electron chi connectivity index (χ0n) is 16.1. The quantitative estimate of drug-likeness (QED) is 0.852. The first-order valence-corrected chi connectivity index (χ1v) is 9.61. The summed E-state index contributed by atoms with van der Waals surface area (Å²) in [5.74, 6) is -2.81. The second-order valence-corrected chi connectivity index (χ2v) is 7.79. The maximum atomic E-state index is 14.0. The third-order valence-electron chi connectivity index (χ3n) is 5.28. The van der Waals surface area contributed by atoms with E-state index in [1.54, 1.807) is 4.90 Å². The minimum absolute atomic E-state index is 0.00479. The molecule has 152 valence electrons. The lowest BCUT2D eigenvalue weighted by molar-refractivity contribution is -0.138. The molecule has 6 nitrogen and oxygen atoms in total. The maximum Gasteiger partial charge on any atom is 0.228 e. The molecule has 2 unspecified atom stereocenters. The predicted octanol–water partition coefficient (Wildman–Crippen LogP) is 2.08. The summed E-state index contributed by atoms with van der Waals surface area (Å²) in [5.41, 5.74) is -0.0117. The Morgan fingerprint density at radius 3 is 2.64 bits per heavy atom. The van der Waals surface area contributed by atoms with Crippen LogP contribution in [0.25, 0.3) is 0 Å². The standard InChI is InChI=1S/C20H25F2N3O3/c1-12(2)19(27)23-15-4-3-7-24(11-15)20(28)13-8-18(26)25(10-13)17-6-5-14(21)9-16(17)22/h5-6,9,12-13,15H,3-4,7-8,10-11H2,1-2H3,(H,23,27). The molecule has 1 aromatic carbocycles. The van der Waals surface area contributed by atoms with Crippen molar-refractivity contribution in [3.63, 3.8) is 0 Å². The molecule has 28 heavy (non-hydrogen) atoms. The van der Waals surface area contributed by atoms with E-state index in [4.69, 9.17) is 0 Å². The maximum absolute atomic E-state index is 14.0. The van der Waals surface area contributed by atoms with E-state index >= 15 is 0 Å². The van der Waals surface area contributed by atoms with Crippen LogP contribution in [0.1, 0.15) is 33.1 Å². The monoisotopic (exact) mass is 393 g/mol. The van der Waals surface area contributed by atoms with Crippen LogP contribution >= 0.6 is 0 Å². The largest absolute Gasteiger partial charge is 0.351 e. The molecule has 3 rings (SSSR count). The first-order valence-electron chi connectivity index (χ1n) is 9.61. The Morgan fingerprint density at radius 1 is 1.21 bits per heavy atom. The molecule has 0 spiro atoms. The highest BCUT2D eigenvalue weighted by Crippen LogP contribution is 2.29. The van der Waals surface area contributed by atoms with Crippen LogP contribution in [-0.4, -0.2) is 48.3 Å². The number of amides is 3. The Hall–Kier alpha value is -2.51. The van der Waals surface area contributed by atoms with Gasteiger partial charge in [-0.25, -0.2) is 8.78 Å². The molecular weight excluding hydrogens is 368 g/mol. The first-order chi connectivity index (χ1) is 13.3. The van der Waals surface area contributed by atoms with E-state index in [1.165, 1.54) is 11.0 Å². The number of anilines is 1. The minimum Gasteiger partial charge on any atom is -0.351 e. The summed E-state index contributed by atoms with van der Waals surface area (Å²) in [7, 11) is 0. The molecule has 0 aromatic heterocycles. The van der Waals surface area contributed by atoms with Crippen LogP contribution in [0.2, 0.25) is 0 Å². The Kier molecular flexibility index (Phi) is 5.96. The van der Waals surface area contributed by atoms with E-state index in [-0.39, 0.29) is 48.3 Å². The van der Waals surface area contributed by atoms with Gasteiger partial charge in [0.2, 0.25) is 17.7 Å². The molecule has 0 saturated carbocycles. The molecule has 2 aliphatic heterocycles. The van der Waals surface area contributed by atoms with Crippen LogP contribution in [0, 0.1) is 23.5 Å². The van der Waals surface area contributed by atoms with Crippen molar-refractivity contribution in [2.24, 2.45) is 11.8 Å². The number of piperidine rings is 1. The summed E-state index contributed by atoms with van der Waals surface area (Å²) in [5, 5.41) is 2.95. The number of rotatable bonds is 4. The van der Waals surface area contributed by atoms with E-state index in [9.17, 15) is 23.2 Å². The second-order valence-electron chi connectivity index (χ2n) is 7.79. The smallest absolute Gasteiger partial charge is 0.228 e. The molecule has 0 radical (unpaired) electrons. The van der Waals surface area contributed by atoms with Gasteiger partial charge in [0.1, 0.15) is 11.6 Å². The van der Waals surface area contributed by atoms with Gasteiger partial charge in [-0.2, -0.15) is 0 Å². The predicted molar refractivity (Wildman–Crippen MR) is 99.4 cm³/mol. The number of hydrogen-bond acceptors (Lipinski definition) is 3. The van der Waals surface area contributed by atoms with Crippen LogP contribution in [-0.2, 0) is 14.4 Å². The van der Waals surface area contributed by atoms with E-state index in [0.717, 1.165) is 25.0 Å². The SMILES string of the molecule is CC(C)C(=O)NC1CCCN(C(=O)C2CC(=O)N(c3ccc(F)cc3F)C2)C1. The van der Waals surface area contributed by atoms with Crippen molar-refractivity contribution in [3.05, 3.63) is 29.8 Å². The van der Waals surface area contributed by atoms with Gasteiger partial charge >= 0.3 is 0 Å². The highest BCUT2D eigenvalue weighted by Gasteiger charge is 2.39. The average Bonchev–Trinajstić information content (AvgIpc) is 3.02. The van der Waals surface area contributed by atoms with Crippen molar-refractivity contribution in [1.29, 1.82) is 0 Å². The number of benzene rings is 1. The van der Waals surface area contributed by atoms with Gasteiger partial charge in [0.15, 0.2) is 0 Å². The topological polar surface area (TPSA) is 69.7 Å². The zero-order valence-corrected chi connectivity index (χ0v) is 16.1. The van der Waals surface area contributed by atoms with Gasteiger partial charge in [0.05, 0.1) is 11.6 Å². The van der Waals surface area contributed by atoms with Gasteiger partial charge in [-0.3, -0.25) is 14.4 Å². The summed E-state index contributed by atoms with van der Waals surface area (Å²) in [6.45, 7) is 4.68. The number of halogens is 2. The molecule has 2 heterocycles. The summed E-state index contributed by atoms with van der Waals surface area (Å²) < 4.78 is 27.1. The van der Waals surface area contributed by atoms with Gasteiger partial charge in [-0.15, -0.1) is 0 Å². The van der Waals surface area contributed by atoms with Gasteiger partial charge < -0.3 is 15.1 Å². The Balaban J connectivity index is 1.64. The fourth-order valence-corrected chi connectivity index (χ4v) is 3.73. The molecule has 8 heteroatoms. The molecular formula is C20H25F2N3O3. The van der Waals surface area contributed by atoms with E-state index in [1.807, 2.05) is 13.8 Å². The van der Waals surface area contributed by atoms with Crippen molar-refractivity contribution in [1.82, 2.24) is 10.2 Å². The number of likely N-dealkylation sites (tertiary alicyclic amines) is 1.